The number of aromatic hydroxyl groups is 2. The lowest BCUT2D eigenvalue weighted by Crippen LogP contribution is -2.52. The second-order valence-corrected chi connectivity index (χ2v) is 10.4. The molecule has 2 aromatic carbocycles. The zero-order valence-corrected chi connectivity index (χ0v) is 21.8. The van der Waals surface area contributed by atoms with E-state index in [4.69, 9.17) is 19.9 Å². The van der Waals surface area contributed by atoms with Gasteiger partial charge in [0.15, 0.2) is 17.9 Å². The Bertz CT molecular complexity index is 1380. The van der Waals surface area contributed by atoms with Gasteiger partial charge in [0.05, 0.1) is 42.1 Å². The van der Waals surface area contributed by atoms with Gasteiger partial charge in [0, 0.05) is 48.4 Å². The fourth-order valence-corrected chi connectivity index (χ4v) is 5.93. The van der Waals surface area contributed by atoms with Gasteiger partial charge in [-0.3, -0.25) is 14.4 Å². The van der Waals surface area contributed by atoms with E-state index in [0.717, 1.165) is 0 Å². The zero-order chi connectivity index (χ0) is 28.4. The number of ether oxygens (including phenoxy) is 3. The highest BCUT2D eigenvalue weighted by molar-refractivity contribution is 6.31. The summed E-state index contributed by atoms with van der Waals surface area (Å²) in [5.41, 5.74) is 3.03. The number of Topliss-reactive ketones (excluding diaryl/α,β-unsaturated/α-hetero) is 1. The fourth-order valence-electron chi connectivity index (χ4n) is 5.93. The molecule has 0 spiro atoms. The normalized spacial score (nSPS) is 29.8. The van der Waals surface area contributed by atoms with Crippen LogP contribution in [0.3, 0.4) is 0 Å². The van der Waals surface area contributed by atoms with Gasteiger partial charge in [0.2, 0.25) is 5.78 Å². The average Bonchev–Trinajstić information content (AvgIpc) is 2.90. The van der Waals surface area contributed by atoms with Crippen molar-refractivity contribution in [3.05, 3.63) is 51.6 Å². The molecule has 1 unspecified atom stereocenters. The summed E-state index contributed by atoms with van der Waals surface area (Å²) in [6.45, 7) is 3.19. The van der Waals surface area contributed by atoms with Crippen LogP contribution in [0.2, 0.25) is 0 Å². The third kappa shape index (κ3) is 4.12. The van der Waals surface area contributed by atoms with Crippen LogP contribution >= 0.6 is 0 Å². The first-order valence-electron chi connectivity index (χ1n) is 12.8. The molecule has 5 rings (SSSR count). The van der Waals surface area contributed by atoms with Crippen LogP contribution < -0.4 is 10.5 Å². The van der Waals surface area contributed by atoms with E-state index < -0.39 is 82.6 Å². The highest BCUT2D eigenvalue weighted by atomic mass is 16.7. The number of phenols is 2. The maximum atomic E-state index is 13.7. The highest BCUT2D eigenvalue weighted by Gasteiger charge is 2.49. The smallest absolute Gasteiger partial charge is 0.202 e. The predicted octanol–water partition coefficient (Wildman–Crippen LogP) is 1.42. The molecule has 208 valence electrons. The van der Waals surface area contributed by atoms with Crippen molar-refractivity contribution in [2.75, 3.05) is 7.11 Å². The number of hydrogen-bond acceptors (Lipinski definition) is 11. The van der Waals surface area contributed by atoms with Crippen LogP contribution in [-0.4, -0.2) is 75.0 Å². The quantitative estimate of drug-likeness (QED) is 0.294. The topological polar surface area (TPSA) is 186 Å². The average molecular weight is 542 g/mol. The number of hydrogen-bond donors (Lipinski definition) is 5. The number of carbonyl (C=O) groups is 3. The van der Waals surface area contributed by atoms with Gasteiger partial charge < -0.3 is 40.4 Å². The van der Waals surface area contributed by atoms with Gasteiger partial charge in [-0.05, 0) is 13.0 Å². The second-order valence-electron chi connectivity index (χ2n) is 10.4. The molecule has 0 bridgehead atoms. The Morgan fingerprint density at radius 1 is 1.15 bits per heavy atom. The lowest BCUT2D eigenvalue weighted by molar-refractivity contribution is -0.247. The number of nitrogens with two attached hydrogens (primary N) is 1. The minimum absolute atomic E-state index is 0.0119. The van der Waals surface area contributed by atoms with E-state index in [2.05, 4.69) is 0 Å². The standard InChI is InChI=1S/C28H31NO10/c1-4-17(30)28(36)9-13-20(16(10-28)39-18-8-14(29)23(31)11(2)38-18)27(35)22-21(25(13)33)24(32)12-6-5-7-15(37-3)19(12)26(22)34/h5-7,11,14,16,18,23,31,33,35-36H,4,8-10,29H2,1-3H3/t11?,14-,16+,18+,23+,28+/m1/s1. The molecule has 2 aliphatic carbocycles. The molecule has 3 aliphatic rings. The number of carbonyl (C=O) groups excluding carboxylic acids is 3. The monoisotopic (exact) mass is 541 g/mol. The van der Waals surface area contributed by atoms with Crippen molar-refractivity contribution in [3.8, 4) is 17.2 Å². The van der Waals surface area contributed by atoms with Crippen molar-refractivity contribution in [1.82, 2.24) is 0 Å². The van der Waals surface area contributed by atoms with Gasteiger partial charge in [0.25, 0.3) is 0 Å². The lowest BCUT2D eigenvalue weighted by atomic mass is 9.71. The minimum Gasteiger partial charge on any atom is -0.507 e. The first kappa shape index (κ1) is 27.2. The first-order valence-corrected chi connectivity index (χ1v) is 12.8. The molecule has 39 heavy (non-hydrogen) atoms. The van der Waals surface area contributed by atoms with Crippen LogP contribution in [-0.2, 0) is 20.7 Å². The van der Waals surface area contributed by atoms with Crippen LogP contribution in [0.25, 0.3) is 0 Å². The highest BCUT2D eigenvalue weighted by Crippen LogP contribution is 2.52. The van der Waals surface area contributed by atoms with Crippen molar-refractivity contribution in [2.24, 2.45) is 5.73 Å². The first-order chi connectivity index (χ1) is 18.4. The molecule has 0 radical (unpaired) electrons. The molecule has 6 atom stereocenters. The molecule has 1 saturated heterocycles. The number of aliphatic hydroxyl groups is 2. The summed E-state index contributed by atoms with van der Waals surface area (Å²) < 4.78 is 17.1. The number of aliphatic hydroxyl groups excluding tert-OH is 1. The summed E-state index contributed by atoms with van der Waals surface area (Å²) in [6, 6.07) is 3.76. The van der Waals surface area contributed by atoms with Crippen molar-refractivity contribution < 1.29 is 49.0 Å². The van der Waals surface area contributed by atoms with Gasteiger partial charge in [-0.2, -0.15) is 0 Å². The Morgan fingerprint density at radius 2 is 1.85 bits per heavy atom. The SMILES string of the molecule is CCC(=O)[C@]1(O)Cc2c(O)c3c(c(O)c2[C@@H](O[C@H]2C[C@@H](N)[C@@H](O)C(C)O2)C1)C(=O)c1c(OC)cccc1C3=O. The van der Waals surface area contributed by atoms with Gasteiger partial charge in [-0.25, -0.2) is 0 Å². The molecule has 2 aromatic rings. The van der Waals surface area contributed by atoms with Crippen molar-refractivity contribution in [1.29, 1.82) is 0 Å². The van der Waals surface area contributed by atoms with Crippen molar-refractivity contribution in [3.63, 3.8) is 0 Å². The van der Waals surface area contributed by atoms with Crippen LogP contribution in [0, 0.1) is 0 Å². The largest absolute Gasteiger partial charge is 0.507 e. The molecule has 1 aliphatic heterocycles. The molecular weight excluding hydrogens is 510 g/mol. The molecular formula is C28H31NO10. The van der Waals surface area contributed by atoms with Crippen LogP contribution in [0.4, 0.5) is 0 Å². The lowest BCUT2D eigenvalue weighted by Gasteiger charge is -2.42. The summed E-state index contributed by atoms with van der Waals surface area (Å²) in [4.78, 5) is 40.1. The number of methoxy groups -OCH3 is 1. The molecule has 11 heteroatoms. The van der Waals surface area contributed by atoms with E-state index >= 15 is 0 Å². The van der Waals surface area contributed by atoms with E-state index in [1.54, 1.807) is 13.8 Å². The number of rotatable bonds is 5. The van der Waals surface area contributed by atoms with Gasteiger partial charge in [0.1, 0.15) is 22.8 Å². The van der Waals surface area contributed by atoms with E-state index in [-0.39, 0.29) is 47.3 Å². The zero-order valence-electron chi connectivity index (χ0n) is 21.8. The third-order valence-electron chi connectivity index (χ3n) is 7.98. The third-order valence-corrected chi connectivity index (χ3v) is 7.98. The van der Waals surface area contributed by atoms with E-state index in [0.29, 0.717) is 0 Å². The Labute approximate surface area is 224 Å². The fraction of sp³-hybridized carbons (Fsp3) is 0.464. The maximum absolute atomic E-state index is 13.7. The molecule has 1 fully saturated rings. The Hall–Kier alpha value is -3.35. The molecule has 0 aromatic heterocycles. The summed E-state index contributed by atoms with van der Waals surface area (Å²) in [6.07, 6.45) is -4.53. The second kappa shape index (κ2) is 9.68. The van der Waals surface area contributed by atoms with Crippen LogP contribution in [0.15, 0.2) is 18.2 Å². The summed E-state index contributed by atoms with van der Waals surface area (Å²) >= 11 is 0. The Morgan fingerprint density at radius 3 is 2.49 bits per heavy atom. The molecule has 1 heterocycles. The maximum Gasteiger partial charge on any atom is 0.202 e. The van der Waals surface area contributed by atoms with Gasteiger partial charge >= 0.3 is 0 Å². The van der Waals surface area contributed by atoms with Crippen molar-refractivity contribution in [2.45, 2.75) is 75.8 Å². The molecule has 11 nitrogen and oxygen atoms in total. The molecule has 6 N–H and O–H groups in total. The van der Waals surface area contributed by atoms with E-state index in [1.807, 2.05) is 0 Å². The predicted molar refractivity (Wildman–Crippen MR) is 135 cm³/mol. The summed E-state index contributed by atoms with van der Waals surface area (Å²) in [5.74, 6) is -3.07. The minimum atomic E-state index is -1.99. The van der Waals surface area contributed by atoms with Crippen LogP contribution in [0.5, 0.6) is 17.2 Å². The summed E-state index contributed by atoms with van der Waals surface area (Å²) in [7, 11) is 1.34. The Balaban J connectivity index is 1.69. The van der Waals surface area contributed by atoms with E-state index in [1.165, 1.54) is 25.3 Å². The van der Waals surface area contributed by atoms with E-state index in [9.17, 15) is 34.8 Å². The molecule has 0 saturated carbocycles. The van der Waals surface area contributed by atoms with Gasteiger partial charge in [-0.15, -0.1) is 0 Å². The summed E-state index contributed by atoms with van der Waals surface area (Å²) in [5, 5.41) is 44.5. The molecule has 0 amide bonds. The van der Waals surface area contributed by atoms with Crippen LogP contribution in [0.1, 0.15) is 82.2 Å². The number of benzene rings is 2. The Kier molecular flexibility index (Phi) is 6.76. The number of ketones is 3. The van der Waals surface area contributed by atoms with Crippen molar-refractivity contribution >= 4 is 17.3 Å². The number of phenolic OH excluding ortho intramolecular Hbond substituents is 2. The van der Waals surface area contributed by atoms with Gasteiger partial charge in [-0.1, -0.05) is 19.1 Å². The number of fused-ring (bicyclic) bond motifs is 3.